The van der Waals surface area contributed by atoms with Crippen molar-refractivity contribution in [2.45, 2.75) is 97.8 Å². The van der Waals surface area contributed by atoms with Gasteiger partial charge in [0.25, 0.3) is 5.69 Å². The van der Waals surface area contributed by atoms with E-state index in [-0.39, 0.29) is 32.1 Å². The van der Waals surface area contributed by atoms with Crippen molar-refractivity contribution < 1.29 is 33.5 Å². The van der Waals surface area contributed by atoms with Gasteiger partial charge in [-0.05, 0) is 55.7 Å². The van der Waals surface area contributed by atoms with Crippen LogP contribution in [-0.2, 0) is 19.1 Å². The summed E-state index contributed by atoms with van der Waals surface area (Å²) in [6.07, 6.45) is 17.2. The van der Waals surface area contributed by atoms with E-state index in [1.807, 2.05) is 18.0 Å². The molecular weight excluding hydrogens is 737 g/mol. The van der Waals surface area contributed by atoms with Gasteiger partial charge in [-0.15, -0.1) is 0 Å². The molecule has 3 rings (SSSR count). The summed E-state index contributed by atoms with van der Waals surface area (Å²) in [6.45, 7) is 15.6. The molecule has 12 nitrogen and oxygen atoms in total. The number of unbranched alkanes of at least 4 members (excludes halogenated alkanes) is 10. The molecule has 0 radical (unpaired) electrons. The van der Waals surface area contributed by atoms with Crippen molar-refractivity contribution in [2.75, 3.05) is 61.7 Å². The van der Waals surface area contributed by atoms with Crippen molar-refractivity contribution in [3.63, 3.8) is 0 Å². The number of nitro groups is 1. The Hall–Kier alpha value is -5.52. The number of nitro benzene ring substituents is 1. The predicted octanol–water partition coefficient (Wildman–Crippen LogP) is 11.2. The fourth-order valence-electron chi connectivity index (χ4n) is 6.55. The van der Waals surface area contributed by atoms with Crippen molar-refractivity contribution in [1.82, 2.24) is 0 Å². The van der Waals surface area contributed by atoms with Gasteiger partial charge in [0.1, 0.15) is 37.9 Å². The molecule has 0 unspecified atom stereocenters. The molecule has 0 atom stereocenters. The number of aryl methyl sites for hydroxylation is 1. The van der Waals surface area contributed by atoms with Gasteiger partial charge in [0, 0.05) is 73.6 Å². The van der Waals surface area contributed by atoms with E-state index >= 15 is 0 Å². The van der Waals surface area contributed by atoms with Crippen LogP contribution in [0.5, 0.6) is 11.5 Å². The van der Waals surface area contributed by atoms with Crippen LogP contribution >= 0.6 is 0 Å². The first kappa shape index (κ1) is 46.9. The highest BCUT2D eigenvalue weighted by molar-refractivity contribution is 5.82. The molecule has 0 heterocycles. The second-order valence-electron chi connectivity index (χ2n) is 14.2. The highest BCUT2D eigenvalue weighted by Crippen LogP contribution is 2.43. The van der Waals surface area contributed by atoms with Crippen LogP contribution in [0.4, 0.5) is 34.1 Å². The molecule has 0 amide bonds. The first-order chi connectivity index (χ1) is 28.1. The summed E-state index contributed by atoms with van der Waals surface area (Å²) in [5.41, 5.74) is 4.91. The number of esters is 2. The van der Waals surface area contributed by atoms with E-state index in [4.69, 9.17) is 18.9 Å². The zero-order valence-electron chi connectivity index (χ0n) is 35.1. The van der Waals surface area contributed by atoms with Gasteiger partial charge < -0.3 is 34.1 Å². The second-order valence-corrected chi connectivity index (χ2v) is 14.2. The van der Waals surface area contributed by atoms with E-state index in [0.29, 0.717) is 28.6 Å². The van der Waals surface area contributed by atoms with Crippen molar-refractivity contribution >= 4 is 46.1 Å². The van der Waals surface area contributed by atoms with Crippen molar-refractivity contribution in [3.8, 4) is 11.5 Å². The van der Waals surface area contributed by atoms with Crippen LogP contribution in [-0.4, -0.2) is 63.4 Å². The third-order valence-electron chi connectivity index (χ3n) is 9.75. The third-order valence-corrected chi connectivity index (χ3v) is 9.75. The topological polar surface area (TPSA) is 133 Å². The van der Waals surface area contributed by atoms with Crippen LogP contribution in [0, 0.1) is 17.0 Å². The van der Waals surface area contributed by atoms with Crippen molar-refractivity contribution in [1.29, 1.82) is 0 Å². The van der Waals surface area contributed by atoms with Gasteiger partial charge in [0.15, 0.2) is 0 Å². The highest BCUT2D eigenvalue weighted by atomic mass is 16.6. The number of hydrogen-bond donors (Lipinski definition) is 1. The van der Waals surface area contributed by atoms with Crippen LogP contribution in [0.1, 0.15) is 96.5 Å². The highest BCUT2D eigenvalue weighted by Gasteiger charge is 2.20. The Labute approximate surface area is 345 Å². The number of rotatable bonds is 30. The van der Waals surface area contributed by atoms with Crippen LogP contribution < -0.4 is 24.6 Å². The summed E-state index contributed by atoms with van der Waals surface area (Å²) in [5.74, 6) is -0.243. The average Bonchev–Trinajstić information content (AvgIpc) is 3.22. The summed E-state index contributed by atoms with van der Waals surface area (Å²) in [6, 6.07) is 16.2. The standard InChI is InChI=1S/C46H64N4O8/c1-7-11-13-15-17-19-27-49(28-20-18-16-14-12-8-2)39-25-26-41(36(5)33-39)48(6)42-35-43(55-29-31-57-45(51)9-3)40(34-44(42)56-30-32-58-46(52)10-4)47-37-21-23-38(24-22-37)50(53)54/h9-10,21-26,33-35,47H,3-4,7-8,11-20,27-32H2,1-2,5-6H3. The largest absolute Gasteiger partial charge is 0.488 e. The first-order valence-electron chi connectivity index (χ1n) is 20.7. The Kier molecular flexibility index (Phi) is 21.3. The van der Waals surface area contributed by atoms with Gasteiger partial charge in [-0.3, -0.25) is 10.1 Å². The Bertz CT molecular complexity index is 1730. The minimum absolute atomic E-state index is 0.00713. The lowest BCUT2D eigenvalue weighted by Gasteiger charge is -2.29. The summed E-state index contributed by atoms with van der Waals surface area (Å²) in [4.78, 5) is 38.9. The Balaban J connectivity index is 1.98. The van der Waals surface area contributed by atoms with Gasteiger partial charge >= 0.3 is 11.9 Å². The molecule has 3 aromatic rings. The molecule has 0 bridgehead atoms. The molecule has 1 N–H and O–H groups in total. The Morgan fingerprint density at radius 1 is 0.707 bits per heavy atom. The van der Waals surface area contributed by atoms with E-state index in [1.165, 1.54) is 94.9 Å². The average molecular weight is 801 g/mol. The lowest BCUT2D eigenvalue weighted by Crippen LogP contribution is -2.26. The molecule has 0 fully saturated rings. The predicted molar refractivity (Wildman–Crippen MR) is 234 cm³/mol. The lowest BCUT2D eigenvalue weighted by molar-refractivity contribution is -0.384. The van der Waals surface area contributed by atoms with Gasteiger partial charge in [-0.2, -0.15) is 0 Å². The molecular formula is C46H64N4O8. The number of nitrogens with one attached hydrogen (secondary N) is 1. The first-order valence-corrected chi connectivity index (χ1v) is 20.7. The van der Waals surface area contributed by atoms with E-state index in [2.05, 4.69) is 62.3 Å². The minimum Gasteiger partial charge on any atom is -0.488 e. The fraction of sp³-hybridized carbons (Fsp3) is 0.478. The normalized spacial score (nSPS) is 10.7. The molecule has 0 aliphatic carbocycles. The molecule has 0 saturated heterocycles. The zero-order chi connectivity index (χ0) is 42.1. The summed E-state index contributed by atoms with van der Waals surface area (Å²) in [5, 5.41) is 14.6. The number of carbonyl (C=O) groups is 2. The molecule has 3 aromatic carbocycles. The van der Waals surface area contributed by atoms with Gasteiger partial charge in [-0.25, -0.2) is 9.59 Å². The maximum Gasteiger partial charge on any atom is 0.330 e. The lowest BCUT2D eigenvalue weighted by atomic mass is 10.1. The van der Waals surface area contributed by atoms with Gasteiger partial charge in [0.2, 0.25) is 0 Å². The van der Waals surface area contributed by atoms with Crippen molar-refractivity contribution in [3.05, 3.63) is 95.6 Å². The number of ether oxygens (including phenoxy) is 4. The molecule has 58 heavy (non-hydrogen) atoms. The monoisotopic (exact) mass is 800 g/mol. The SMILES string of the molecule is C=CC(=O)OCCOc1cc(N(C)c2ccc(N(CCCCCCCC)CCCCCCCC)cc2C)c(OCCOC(=O)C=C)cc1Nc1ccc([N+](=O)[O-])cc1. The Morgan fingerprint density at radius 2 is 1.24 bits per heavy atom. The second kappa shape index (κ2) is 26.4. The Morgan fingerprint density at radius 3 is 1.76 bits per heavy atom. The van der Waals surface area contributed by atoms with Crippen molar-refractivity contribution in [2.24, 2.45) is 0 Å². The van der Waals surface area contributed by atoms with E-state index < -0.39 is 16.9 Å². The van der Waals surface area contributed by atoms with Gasteiger partial charge in [-0.1, -0.05) is 91.2 Å². The van der Waals surface area contributed by atoms with Crippen LogP contribution in [0.25, 0.3) is 0 Å². The van der Waals surface area contributed by atoms with Crippen LogP contribution in [0.2, 0.25) is 0 Å². The number of benzene rings is 3. The quantitative estimate of drug-likeness (QED) is 0.0227. The summed E-state index contributed by atoms with van der Waals surface area (Å²) < 4.78 is 22.8. The summed E-state index contributed by atoms with van der Waals surface area (Å²) >= 11 is 0. The fourth-order valence-corrected chi connectivity index (χ4v) is 6.55. The maximum atomic E-state index is 11.8. The summed E-state index contributed by atoms with van der Waals surface area (Å²) in [7, 11) is 1.95. The molecule has 316 valence electrons. The number of nitrogens with zero attached hydrogens (tertiary/aromatic N) is 3. The maximum absolute atomic E-state index is 11.8. The number of anilines is 5. The third kappa shape index (κ3) is 16.1. The van der Waals surface area contributed by atoms with Crippen LogP contribution in [0.3, 0.4) is 0 Å². The molecule has 0 aromatic heterocycles. The molecule has 0 spiro atoms. The van der Waals surface area contributed by atoms with Crippen LogP contribution in [0.15, 0.2) is 79.9 Å². The van der Waals surface area contributed by atoms with E-state index in [9.17, 15) is 19.7 Å². The molecule has 0 aliphatic rings. The molecule has 0 aliphatic heterocycles. The zero-order valence-corrected chi connectivity index (χ0v) is 35.1. The molecule has 0 saturated carbocycles. The van der Waals surface area contributed by atoms with E-state index in [0.717, 1.165) is 36.5 Å². The minimum atomic E-state index is -0.564. The van der Waals surface area contributed by atoms with E-state index in [1.54, 1.807) is 18.2 Å². The number of non-ortho nitro benzene ring substituents is 1. The smallest absolute Gasteiger partial charge is 0.330 e. The molecule has 12 heteroatoms. The number of carbonyl (C=O) groups excluding carboxylic acids is 2. The van der Waals surface area contributed by atoms with Gasteiger partial charge in [0.05, 0.1) is 16.3 Å². The number of hydrogen-bond acceptors (Lipinski definition) is 11.